The zero-order valence-electron chi connectivity index (χ0n) is 14.4. The number of hydrazone groups is 1. The summed E-state index contributed by atoms with van der Waals surface area (Å²) in [7, 11) is 0. The Morgan fingerprint density at radius 3 is 2.92 bits per heavy atom. The maximum atomic E-state index is 12.6. The number of amides is 1. The van der Waals surface area contributed by atoms with Crippen molar-refractivity contribution >= 4 is 44.9 Å². The molecule has 1 aromatic carbocycles. The van der Waals surface area contributed by atoms with Crippen molar-refractivity contribution in [3.05, 3.63) is 53.2 Å². The van der Waals surface area contributed by atoms with E-state index in [1.165, 1.54) is 16.6 Å². The fourth-order valence-corrected chi connectivity index (χ4v) is 4.69. The van der Waals surface area contributed by atoms with Gasteiger partial charge in [-0.05, 0) is 18.1 Å². The highest BCUT2D eigenvalue weighted by atomic mass is 32.2. The first-order valence-electron chi connectivity index (χ1n) is 8.54. The van der Waals surface area contributed by atoms with Gasteiger partial charge in [-0.2, -0.15) is 5.10 Å². The first-order chi connectivity index (χ1) is 12.7. The number of fused-ring (bicyclic) bond motifs is 1. The molecule has 0 bridgehead atoms. The van der Waals surface area contributed by atoms with E-state index in [1.807, 2.05) is 30.3 Å². The third-order valence-corrected chi connectivity index (χ3v) is 6.40. The number of hydrogen-bond donors (Lipinski definition) is 0. The van der Waals surface area contributed by atoms with Crippen molar-refractivity contribution in [1.29, 1.82) is 0 Å². The number of carbonyl (C=O) groups is 1. The van der Waals surface area contributed by atoms with E-state index in [2.05, 4.69) is 28.1 Å². The molecule has 1 aliphatic heterocycles. The lowest BCUT2D eigenvalue weighted by molar-refractivity contribution is -0.127. The summed E-state index contributed by atoms with van der Waals surface area (Å²) in [6, 6.07) is 12.2. The number of carbonyl (C=O) groups excluding carboxylic acids is 1. The summed E-state index contributed by atoms with van der Waals surface area (Å²) in [5, 5.41) is 8.00. The Kier molecular flexibility index (Phi) is 4.99. The molecule has 132 valence electrons. The molecular weight excluding hydrogens is 364 g/mol. The maximum Gasteiger partial charge on any atom is 0.253 e. The number of thiophene rings is 1. The van der Waals surface area contributed by atoms with Gasteiger partial charge in [0.15, 0.2) is 0 Å². The largest absolute Gasteiger partial charge is 0.272 e. The Balaban J connectivity index is 1.45. The molecule has 1 aliphatic rings. The van der Waals surface area contributed by atoms with Gasteiger partial charge in [-0.3, -0.25) is 4.79 Å². The molecule has 0 N–H and O–H groups in total. The highest BCUT2D eigenvalue weighted by molar-refractivity contribution is 8.00. The minimum Gasteiger partial charge on any atom is -0.272 e. The smallest absolute Gasteiger partial charge is 0.253 e. The second-order valence-electron chi connectivity index (χ2n) is 5.93. The predicted octanol–water partition coefficient (Wildman–Crippen LogP) is 3.98. The van der Waals surface area contributed by atoms with Crippen LogP contribution in [0, 0.1) is 0 Å². The predicted molar refractivity (Wildman–Crippen MR) is 107 cm³/mol. The van der Waals surface area contributed by atoms with Crippen LogP contribution in [0.5, 0.6) is 0 Å². The Hall–Kier alpha value is -2.25. The van der Waals surface area contributed by atoms with Gasteiger partial charge in [-0.15, -0.1) is 11.3 Å². The molecule has 0 spiro atoms. The van der Waals surface area contributed by atoms with Crippen LogP contribution in [0.4, 0.5) is 0 Å². The van der Waals surface area contributed by atoms with E-state index < -0.39 is 0 Å². The lowest BCUT2D eigenvalue weighted by atomic mass is 10.1. The number of aromatic nitrogens is 2. The molecule has 3 heterocycles. The van der Waals surface area contributed by atoms with E-state index in [9.17, 15) is 4.79 Å². The molecule has 0 saturated carbocycles. The van der Waals surface area contributed by atoms with Crippen molar-refractivity contribution in [3.63, 3.8) is 0 Å². The Bertz CT molecular complexity index is 968. The zero-order chi connectivity index (χ0) is 17.9. The van der Waals surface area contributed by atoms with Gasteiger partial charge in [0.25, 0.3) is 5.91 Å². The van der Waals surface area contributed by atoms with Crippen LogP contribution in [0.2, 0.25) is 0 Å². The summed E-state index contributed by atoms with van der Waals surface area (Å²) in [5.74, 6) is 0.341. The average Bonchev–Trinajstić information content (AvgIpc) is 3.34. The molecular formula is C19H18N4OS2. The summed E-state index contributed by atoms with van der Waals surface area (Å²) in [5.41, 5.74) is 2.05. The summed E-state index contributed by atoms with van der Waals surface area (Å²) in [6.07, 6.45) is 3.35. The van der Waals surface area contributed by atoms with Crippen molar-refractivity contribution in [2.24, 2.45) is 5.10 Å². The minimum absolute atomic E-state index is 0.0126. The van der Waals surface area contributed by atoms with Crippen LogP contribution in [-0.4, -0.2) is 38.9 Å². The molecule has 2 aromatic heterocycles. The van der Waals surface area contributed by atoms with Crippen molar-refractivity contribution in [1.82, 2.24) is 15.0 Å². The van der Waals surface area contributed by atoms with E-state index in [1.54, 1.807) is 22.7 Å². The van der Waals surface area contributed by atoms with E-state index in [-0.39, 0.29) is 5.91 Å². The summed E-state index contributed by atoms with van der Waals surface area (Å²) in [4.78, 5) is 23.5. The molecule has 0 atom stereocenters. The van der Waals surface area contributed by atoms with Crippen molar-refractivity contribution in [2.75, 3.05) is 12.3 Å². The molecule has 7 heteroatoms. The van der Waals surface area contributed by atoms with E-state index in [0.717, 1.165) is 39.4 Å². The van der Waals surface area contributed by atoms with Gasteiger partial charge in [-0.1, -0.05) is 49.0 Å². The SMILES string of the molecule is CCc1cc2c(SCC(=O)N3CCC(c4ccccc4)=N3)ncnc2s1. The molecule has 0 aliphatic carbocycles. The fourth-order valence-electron chi connectivity index (χ4n) is 2.85. The lowest BCUT2D eigenvalue weighted by Crippen LogP contribution is -2.25. The molecule has 26 heavy (non-hydrogen) atoms. The van der Waals surface area contributed by atoms with Gasteiger partial charge >= 0.3 is 0 Å². The molecule has 0 radical (unpaired) electrons. The van der Waals surface area contributed by atoms with Gasteiger partial charge in [0.2, 0.25) is 0 Å². The molecule has 0 unspecified atom stereocenters. The first kappa shape index (κ1) is 17.2. The number of aryl methyl sites for hydroxylation is 1. The topological polar surface area (TPSA) is 58.5 Å². The molecule has 5 nitrogen and oxygen atoms in total. The summed E-state index contributed by atoms with van der Waals surface area (Å²) in [6.45, 7) is 2.77. The molecule has 1 amide bonds. The van der Waals surface area contributed by atoms with Gasteiger partial charge < -0.3 is 0 Å². The number of hydrogen-bond acceptors (Lipinski definition) is 6. The van der Waals surface area contributed by atoms with Crippen LogP contribution in [-0.2, 0) is 11.2 Å². The molecule has 4 rings (SSSR count). The molecule has 0 fully saturated rings. The fraction of sp³-hybridized carbons (Fsp3) is 0.263. The Morgan fingerprint density at radius 1 is 1.27 bits per heavy atom. The van der Waals surface area contributed by atoms with Crippen molar-refractivity contribution in [2.45, 2.75) is 24.8 Å². The third kappa shape index (κ3) is 3.50. The number of rotatable bonds is 5. The first-order valence-corrected chi connectivity index (χ1v) is 10.3. The second-order valence-corrected chi connectivity index (χ2v) is 8.01. The highest BCUT2D eigenvalue weighted by Gasteiger charge is 2.22. The third-order valence-electron chi connectivity index (χ3n) is 4.22. The summed E-state index contributed by atoms with van der Waals surface area (Å²) >= 11 is 3.15. The van der Waals surface area contributed by atoms with Crippen LogP contribution < -0.4 is 0 Å². The minimum atomic E-state index is 0.0126. The van der Waals surface area contributed by atoms with Crippen molar-refractivity contribution in [3.8, 4) is 0 Å². The molecule has 3 aromatic rings. The summed E-state index contributed by atoms with van der Waals surface area (Å²) < 4.78 is 0. The van der Waals surface area contributed by atoms with Gasteiger partial charge in [0.05, 0.1) is 18.0 Å². The number of nitrogens with zero attached hydrogens (tertiary/aromatic N) is 4. The maximum absolute atomic E-state index is 12.6. The standard InChI is InChI=1S/C19H18N4OS2/c1-2-14-10-15-18(20-12-21-19(15)26-14)25-11-17(24)23-9-8-16(22-23)13-6-4-3-5-7-13/h3-7,10,12H,2,8-9,11H2,1H3. The molecule has 0 saturated heterocycles. The van der Waals surface area contributed by atoms with Crippen molar-refractivity contribution < 1.29 is 4.79 Å². The van der Waals surface area contributed by atoms with Gasteiger partial charge in [-0.25, -0.2) is 15.0 Å². The number of thioether (sulfide) groups is 1. The number of benzene rings is 1. The van der Waals surface area contributed by atoms with E-state index >= 15 is 0 Å². The monoisotopic (exact) mass is 382 g/mol. The average molecular weight is 383 g/mol. The van der Waals surface area contributed by atoms with Crippen LogP contribution in [0.1, 0.15) is 23.8 Å². The van der Waals surface area contributed by atoms with Crippen LogP contribution in [0.3, 0.4) is 0 Å². The zero-order valence-corrected chi connectivity index (χ0v) is 16.0. The van der Waals surface area contributed by atoms with Crippen LogP contribution in [0.25, 0.3) is 10.2 Å². The van der Waals surface area contributed by atoms with Gasteiger partial charge in [0, 0.05) is 16.7 Å². The Morgan fingerprint density at radius 2 is 2.12 bits per heavy atom. The van der Waals surface area contributed by atoms with Gasteiger partial charge in [0.1, 0.15) is 16.2 Å². The second kappa shape index (κ2) is 7.55. The quantitative estimate of drug-likeness (QED) is 0.495. The van der Waals surface area contributed by atoms with Crippen LogP contribution in [0.15, 0.2) is 52.9 Å². The van der Waals surface area contributed by atoms with Crippen LogP contribution >= 0.6 is 23.1 Å². The normalized spacial score (nSPS) is 14.0. The lowest BCUT2D eigenvalue weighted by Gasteiger charge is -2.10. The highest BCUT2D eigenvalue weighted by Crippen LogP contribution is 2.31. The van der Waals surface area contributed by atoms with E-state index in [4.69, 9.17) is 0 Å². The Labute approximate surface area is 160 Å². The van der Waals surface area contributed by atoms with E-state index in [0.29, 0.717) is 12.3 Å².